The van der Waals surface area contributed by atoms with Gasteiger partial charge in [-0.05, 0) is 57.8 Å². The van der Waals surface area contributed by atoms with E-state index in [2.05, 4.69) is 50.3 Å². The molecule has 0 aliphatic rings. The number of esters is 2. The molecule has 0 aromatic rings. The Labute approximate surface area is 332 Å². The van der Waals surface area contributed by atoms with Crippen LogP contribution in [-0.2, 0) is 28.6 Å². The van der Waals surface area contributed by atoms with Gasteiger partial charge in [0.2, 0.25) is 0 Å². The Bertz CT molecular complexity index is 984. The normalized spacial score (nSPS) is 13.3. The smallest absolute Gasteiger partial charge is 0.306 e. The van der Waals surface area contributed by atoms with Crippen LogP contribution in [0.3, 0.4) is 0 Å². The Kier molecular flexibility index (Phi) is 35.8. The minimum atomic E-state index is -1.13. The molecule has 0 fully saturated rings. The van der Waals surface area contributed by atoms with Crippen LogP contribution >= 0.6 is 0 Å². The van der Waals surface area contributed by atoms with Crippen molar-refractivity contribution in [1.29, 1.82) is 0 Å². The van der Waals surface area contributed by atoms with Crippen molar-refractivity contribution in [3.8, 4) is 0 Å². The van der Waals surface area contributed by atoms with Crippen LogP contribution in [0, 0.1) is 0 Å². The Morgan fingerprint density at radius 1 is 0.556 bits per heavy atom. The van der Waals surface area contributed by atoms with Gasteiger partial charge in [-0.25, -0.2) is 0 Å². The van der Waals surface area contributed by atoms with Gasteiger partial charge >= 0.3 is 11.9 Å². The van der Waals surface area contributed by atoms with Gasteiger partial charge in [0.1, 0.15) is 12.6 Å². The van der Waals surface area contributed by atoms with Crippen molar-refractivity contribution in [3.05, 3.63) is 36.5 Å². The van der Waals surface area contributed by atoms with Crippen LogP contribution in [0.2, 0.25) is 0 Å². The second-order valence-electron chi connectivity index (χ2n) is 16.0. The molecule has 0 aliphatic heterocycles. The van der Waals surface area contributed by atoms with Crippen LogP contribution in [0.25, 0.3) is 0 Å². The predicted molar refractivity (Wildman–Crippen MR) is 222 cm³/mol. The molecule has 0 spiro atoms. The maximum absolute atomic E-state index is 12.7. The van der Waals surface area contributed by atoms with Crippen LogP contribution in [0.15, 0.2) is 36.5 Å². The maximum atomic E-state index is 12.7. The molecule has 8 nitrogen and oxygen atoms in total. The van der Waals surface area contributed by atoms with E-state index in [0.29, 0.717) is 12.8 Å². The number of quaternary nitrogens is 1. The van der Waals surface area contributed by atoms with Gasteiger partial charge in [-0.3, -0.25) is 9.59 Å². The molecule has 0 N–H and O–H groups in total. The lowest BCUT2D eigenvalue weighted by Crippen LogP contribution is -2.55. The SMILES string of the molecule is CCCC/C=C/CCCCCCCC(=O)OC(COCCC(C(=O)[O-])[N+](C)(C)C)COC(=O)CCCCCCCCCCCC/C=C/C=C/CCCCC. The van der Waals surface area contributed by atoms with Gasteiger partial charge in [-0.2, -0.15) is 0 Å². The lowest BCUT2D eigenvalue weighted by atomic mass is 10.1. The monoisotopic (exact) mass is 762 g/mol. The first kappa shape index (κ1) is 51.5. The summed E-state index contributed by atoms with van der Waals surface area (Å²) in [7, 11) is 5.40. The van der Waals surface area contributed by atoms with E-state index in [-0.39, 0.29) is 42.7 Å². The minimum absolute atomic E-state index is 0.0373. The number of unbranched alkanes of at least 4 members (excludes halogenated alkanes) is 20. The van der Waals surface area contributed by atoms with Crippen molar-refractivity contribution in [2.45, 2.75) is 199 Å². The zero-order valence-corrected chi connectivity index (χ0v) is 35.6. The largest absolute Gasteiger partial charge is 0.544 e. The van der Waals surface area contributed by atoms with E-state index in [4.69, 9.17) is 14.2 Å². The fourth-order valence-electron chi connectivity index (χ4n) is 6.28. The van der Waals surface area contributed by atoms with Gasteiger partial charge in [0.25, 0.3) is 0 Å². The summed E-state index contributed by atoms with van der Waals surface area (Å²) in [6.07, 6.45) is 41.6. The first-order valence-corrected chi connectivity index (χ1v) is 22.0. The van der Waals surface area contributed by atoms with Gasteiger partial charge in [0, 0.05) is 19.3 Å². The molecule has 0 aliphatic carbocycles. The number of ether oxygens (including phenoxy) is 3. The number of likely N-dealkylation sites (N-methyl/N-ethyl adjacent to an activating group) is 1. The highest BCUT2D eigenvalue weighted by Crippen LogP contribution is 2.14. The zero-order chi connectivity index (χ0) is 40.0. The van der Waals surface area contributed by atoms with Crippen LogP contribution < -0.4 is 5.11 Å². The number of allylic oxidation sites excluding steroid dienone is 6. The van der Waals surface area contributed by atoms with Crippen molar-refractivity contribution >= 4 is 17.9 Å². The summed E-state index contributed by atoms with van der Waals surface area (Å²) in [5.41, 5.74) is 0. The average molecular weight is 762 g/mol. The number of carboxylic acid groups (broad SMARTS) is 1. The number of carbonyl (C=O) groups is 3. The van der Waals surface area contributed by atoms with E-state index in [1.807, 2.05) is 0 Å². The van der Waals surface area contributed by atoms with E-state index < -0.39 is 18.1 Å². The minimum Gasteiger partial charge on any atom is -0.544 e. The van der Waals surface area contributed by atoms with Crippen LogP contribution in [0.4, 0.5) is 0 Å². The van der Waals surface area contributed by atoms with Gasteiger partial charge in [-0.15, -0.1) is 0 Å². The van der Waals surface area contributed by atoms with Gasteiger partial charge < -0.3 is 28.6 Å². The Morgan fingerprint density at radius 2 is 1.00 bits per heavy atom. The summed E-state index contributed by atoms with van der Waals surface area (Å²) in [6, 6.07) is -0.726. The summed E-state index contributed by atoms with van der Waals surface area (Å²) in [5.74, 6) is -1.75. The molecule has 2 unspecified atom stereocenters. The Balaban J connectivity index is 4.28. The first-order valence-electron chi connectivity index (χ1n) is 22.0. The average Bonchev–Trinajstić information content (AvgIpc) is 3.12. The van der Waals surface area contributed by atoms with Crippen molar-refractivity contribution in [3.63, 3.8) is 0 Å². The second-order valence-corrected chi connectivity index (χ2v) is 16.0. The zero-order valence-electron chi connectivity index (χ0n) is 35.6. The molecule has 0 aromatic heterocycles. The summed E-state index contributed by atoms with van der Waals surface area (Å²) >= 11 is 0. The van der Waals surface area contributed by atoms with Gasteiger partial charge in [-0.1, -0.05) is 147 Å². The van der Waals surface area contributed by atoms with Crippen molar-refractivity contribution in [2.24, 2.45) is 0 Å². The van der Waals surface area contributed by atoms with E-state index in [1.165, 1.54) is 96.3 Å². The lowest BCUT2D eigenvalue weighted by molar-refractivity contribution is -0.889. The lowest BCUT2D eigenvalue weighted by Gasteiger charge is -2.34. The van der Waals surface area contributed by atoms with E-state index in [9.17, 15) is 19.5 Å². The summed E-state index contributed by atoms with van der Waals surface area (Å²) in [6.45, 7) is 4.58. The molecular weight excluding hydrogens is 679 g/mol. The molecule has 0 saturated carbocycles. The third-order valence-electron chi connectivity index (χ3n) is 9.78. The molecule has 0 rings (SSSR count). The number of nitrogens with zero attached hydrogens (tertiary/aromatic N) is 1. The maximum Gasteiger partial charge on any atom is 0.306 e. The molecule has 0 aromatic carbocycles. The molecule has 0 radical (unpaired) electrons. The summed E-state index contributed by atoms with van der Waals surface area (Å²) in [4.78, 5) is 36.8. The number of aliphatic carboxylic acids is 1. The molecule has 0 bridgehead atoms. The molecule has 0 saturated heterocycles. The molecule has 314 valence electrons. The molecule has 2 atom stereocenters. The van der Waals surface area contributed by atoms with Crippen LogP contribution in [0.1, 0.15) is 187 Å². The first-order chi connectivity index (χ1) is 26.1. The highest BCUT2D eigenvalue weighted by molar-refractivity contribution is 5.70. The number of carbonyl (C=O) groups excluding carboxylic acids is 3. The number of rotatable bonds is 39. The van der Waals surface area contributed by atoms with Crippen molar-refractivity contribution < 1.29 is 38.2 Å². The Hall–Kier alpha value is -2.45. The molecule has 0 heterocycles. The van der Waals surface area contributed by atoms with E-state index in [1.54, 1.807) is 21.1 Å². The number of hydrogen-bond acceptors (Lipinski definition) is 7. The fourth-order valence-corrected chi connectivity index (χ4v) is 6.28. The van der Waals surface area contributed by atoms with E-state index >= 15 is 0 Å². The highest BCUT2D eigenvalue weighted by Gasteiger charge is 2.25. The fraction of sp³-hybridized carbons (Fsp3) is 0.804. The topological polar surface area (TPSA) is 102 Å². The molecule has 54 heavy (non-hydrogen) atoms. The summed E-state index contributed by atoms with van der Waals surface area (Å²) < 4.78 is 17.1. The van der Waals surface area contributed by atoms with Crippen molar-refractivity contribution in [1.82, 2.24) is 0 Å². The van der Waals surface area contributed by atoms with Gasteiger partial charge in [0.05, 0.1) is 40.3 Å². The molecule has 8 heteroatoms. The van der Waals surface area contributed by atoms with Gasteiger partial charge in [0.15, 0.2) is 6.10 Å². The van der Waals surface area contributed by atoms with Crippen LogP contribution in [-0.4, -0.2) is 75.5 Å². The molecule has 0 amide bonds. The van der Waals surface area contributed by atoms with E-state index in [0.717, 1.165) is 57.8 Å². The van der Waals surface area contributed by atoms with Crippen molar-refractivity contribution in [2.75, 3.05) is 41.0 Å². The number of hydrogen-bond donors (Lipinski definition) is 0. The highest BCUT2D eigenvalue weighted by atomic mass is 16.6. The third-order valence-corrected chi connectivity index (χ3v) is 9.78. The third kappa shape index (κ3) is 35.3. The predicted octanol–water partition coefficient (Wildman–Crippen LogP) is 10.5. The Morgan fingerprint density at radius 3 is 1.50 bits per heavy atom. The van der Waals surface area contributed by atoms with Crippen LogP contribution in [0.5, 0.6) is 0 Å². The molecular formula is C46H83NO7. The second kappa shape index (κ2) is 37.5. The summed E-state index contributed by atoms with van der Waals surface area (Å²) in [5, 5.41) is 11.6. The standard InChI is InChI=1S/C46H83NO7/c1-6-8-10-12-14-16-18-19-20-21-22-23-24-25-27-28-30-32-34-36-44(48)53-41-42(40-52-39-38-43(46(50)51)47(3,4)5)54-45(49)37-35-33-31-29-26-17-15-13-11-9-7-2/h13-16,18-19,42-43H,6-12,17,20-41H2,1-5H3/b15-13+,16-14+,19-18+. The number of carboxylic acids is 1. The quantitative estimate of drug-likeness (QED) is 0.0202.